The summed E-state index contributed by atoms with van der Waals surface area (Å²) in [5, 5.41) is 2.97. The lowest BCUT2D eigenvalue weighted by atomic mass is 10.1. The van der Waals surface area contributed by atoms with Crippen LogP contribution in [0.4, 0.5) is 5.69 Å². The number of nitrogens with two attached hydrogens (primary N) is 1. The van der Waals surface area contributed by atoms with E-state index in [1.807, 2.05) is 0 Å². The van der Waals surface area contributed by atoms with E-state index >= 15 is 0 Å². The van der Waals surface area contributed by atoms with Gasteiger partial charge in [0.2, 0.25) is 0 Å². The molecule has 1 saturated carbocycles. The lowest BCUT2D eigenvalue weighted by Crippen LogP contribution is -2.29. The number of hydrogen-bond donors (Lipinski definition) is 2. The van der Waals surface area contributed by atoms with Gasteiger partial charge in [0.15, 0.2) is 0 Å². The van der Waals surface area contributed by atoms with Gasteiger partial charge in [-0.1, -0.05) is 6.92 Å². The van der Waals surface area contributed by atoms with Gasteiger partial charge in [-0.05, 0) is 58.8 Å². The number of halogens is 1. The number of nitrogen functional groups attached to an aromatic ring is 1. The van der Waals surface area contributed by atoms with Crippen LogP contribution in [0.25, 0.3) is 0 Å². The molecule has 0 aliphatic heterocycles. The number of anilines is 1. The van der Waals surface area contributed by atoms with Gasteiger partial charge < -0.3 is 11.1 Å². The summed E-state index contributed by atoms with van der Waals surface area (Å²) in [6.07, 6.45) is 2.62. The van der Waals surface area contributed by atoms with Crippen LogP contribution < -0.4 is 11.1 Å². The van der Waals surface area contributed by atoms with Crippen LogP contribution in [0.3, 0.4) is 0 Å². The maximum absolute atomic E-state index is 11.9. The Kier molecular flexibility index (Phi) is 3.72. The molecule has 1 aromatic rings. The number of amides is 1. The third-order valence-corrected chi connectivity index (χ3v) is 3.96. The van der Waals surface area contributed by atoms with Crippen molar-refractivity contribution in [1.29, 1.82) is 0 Å². The normalized spacial score (nSPS) is 16.6. The van der Waals surface area contributed by atoms with Crippen molar-refractivity contribution in [2.75, 3.05) is 12.3 Å². The molecular weight excluding hydrogens is 280 g/mol. The molecule has 0 heterocycles. The molecule has 1 atom stereocenters. The van der Waals surface area contributed by atoms with Gasteiger partial charge in [0.25, 0.3) is 5.91 Å². The molecule has 0 bridgehead atoms. The van der Waals surface area contributed by atoms with E-state index in [1.165, 1.54) is 12.8 Å². The molecule has 3 N–H and O–H groups in total. The summed E-state index contributed by atoms with van der Waals surface area (Å²) in [6.45, 7) is 2.95. The van der Waals surface area contributed by atoms with Crippen LogP contribution in [0.5, 0.6) is 0 Å². The smallest absolute Gasteiger partial charge is 0.251 e. The molecule has 0 spiro atoms. The molecule has 3 nitrogen and oxygen atoms in total. The first-order valence-corrected chi connectivity index (χ1v) is 6.70. The molecule has 17 heavy (non-hydrogen) atoms. The Morgan fingerprint density at radius 3 is 2.88 bits per heavy atom. The minimum absolute atomic E-state index is 0.0294. The predicted octanol–water partition coefficient (Wildman–Crippen LogP) is 2.81. The summed E-state index contributed by atoms with van der Waals surface area (Å²) in [6, 6.07) is 5.24. The Morgan fingerprint density at radius 1 is 1.59 bits per heavy atom. The zero-order chi connectivity index (χ0) is 12.4. The number of benzene rings is 1. The second-order valence-electron chi connectivity index (χ2n) is 4.76. The van der Waals surface area contributed by atoms with Crippen molar-refractivity contribution in [3.8, 4) is 0 Å². The van der Waals surface area contributed by atoms with E-state index in [2.05, 4.69) is 28.2 Å². The van der Waals surface area contributed by atoms with Crippen molar-refractivity contribution in [2.24, 2.45) is 11.8 Å². The third-order valence-electron chi connectivity index (χ3n) is 3.27. The second-order valence-corrected chi connectivity index (χ2v) is 5.62. The highest BCUT2D eigenvalue weighted by atomic mass is 79.9. The largest absolute Gasteiger partial charge is 0.398 e. The lowest BCUT2D eigenvalue weighted by molar-refractivity contribution is 0.0946. The van der Waals surface area contributed by atoms with Crippen molar-refractivity contribution in [1.82, 2.24) is 5.32 Å². The van der Waals surface area contributed by atoms with E-state index in [-0.39, 0.29) is 5.91 Å². The number of carbonyl (C=O) groups is 1. The molecule has 0 radical (unpaired) electrons. The van der Waals surface area contributed by atoms with Gasteiger partial charge in [-0.3, -0.25) is 4.79 Å². The quantitative estimate of drug-likeness (QED) is 0.840. The van der Waals surface area contributed by atoms with Gasteiger partial charge >= 0.3 is 0 Å². The molecule has 0 saturated heterocycles. The van der Waals surface area contributed by atoms with E-state index in [0.29, 0.717) is 17.2 Å². The highest BCUT2D eigenvalue weighted by Crippen LogP contribution is 2.36. The summed E-state index contributed by atoms with van der Waals surface area (Å²) in [7, 11) is 0. The molecule has 0 aromatic heterocycles. The molecule has 1 amide bonds. The van der Waals surface area contributed by atoms with Gasteiger partial charge in [-0.2, -0.15) is 0 Å². The van der Waals surface area contributed by atoms with Crippen molar-refractivity contribution in [3.63, 3.8) is 0 Å². The minimum Gasteiger partial charge on any atom is -0.398 e. The highest BCUT2D eigenvalue weighted by molar-refractivity contribution is 9.10. The summed E-state index contributed by atoms with van der Waals surface area (Å²) in [4.78, 5) is 11.9. The SMILES string of the molecule is CC(CNC(=O)c1ccc(N)c(Br)c1)C1CC1. The molecule has 1 aliphatic carbocycles. The van der Waals surface area contributed by atoms with E-state index in [0.717, 1.165) is 16.9 Å². The van der Waals surface area contributed by atoms with Crippen LogP contribution >= 0.6 is 15.9 Å². The molecule has 1 fully saturated rings. The molecule has 1 unspecified atom stereocenters. The molecule has 2 rings (SSSR count). The topological polar surface area (TPSA) is 55.1 Å². The van der Waals surface area contributed by atoms with Gasteiger partial charge in [0.05, 0.1) is 0 Å². The van der Waals surface area contributed by atoms with E-state index in [4.69, 9.17) is 5.73 Å². The lowest BCUT2D eigenvalue weighted by Gasteiger charge is -2.11. The fourth-order valence-corrected chi connectivity index (χ4v) is 2.23. The van der Waals surface area contributed by atoms with Crippen molar-refractivity contribution >= 4 is 27.5 Å². The van der Waals surface area contributed by atoms with Crippen molar-refractivity contribution in [3.05, 3.63) is 28.2 Å². The van der Waals surface area contributed by atoms with Crippen LogP contribution in [0, 0.1) is 11.8 Å². The Labute approximate surface area is 110 Å². The summed E-state index contributed by atoms with van der Waals surface area (Å²) in [5.41, 5.74) is 6.97. The van der Waals surface area contributed by atoms with Gasteiger partial charge in [0.1, 0.15) is 0 Å². The molecule has 1 aromatic carbocycles. The second kappa shape index (κ2) is 5.08. The zero-order valence-corrected chi connectivity index (χ0v) is 11.5. The monoisotopic (exact) mass is 296 g/mol. The highest BCUT2D eigenvalue weighted by Gasteiger charge is 2.27. The fourth-order valence-electron chi connectivity index (χ4n) is 1.86. The van der Waals surface area contributed by atoms with Crippen LogP contribution in [0.1, 0.15) is 30.1 Å². The first-order valence-electron chi connectivity index (χ1n) is 5.91. The first-order chi connectivity index (χ1) is 8.08. The Morgan fingerprint density at radius 2 is 2.29 bits per heavy atom. The van der Waals surface area contributed by atoms with E-state index in [1.54, 1.807) is 18.2 Å². The van der Waals surface area contributed by atoms with Gasteiger partial charge in [-0.15, -0.1) is 0 Å². The molecular formula is C13H17BrN2O. The van der Waals surface area contributed by atoms with Crippen LogP contribution in [-0.2, 0) is 0 Å². The summed E-state index contributed by atoms with van der Waals surface area (Å²) < 4.78 is 0.764. The summed E-state index contributed by atoms with van der Waals surface area (Å²) in [5.74, 6) is 1.36. The molecule has 92 valence electrons. The maximum Gasteiger partial charge on any atom is 0.251 e. The third kappa shape index (κ3) is 3.22. The van der Waals surface area contributed by atoms with E-state index in [9.17, 15) is 4.79 Å². The number of rotatable bonds is 4. The van der Waals surface area contributed by atoms with Crippen molar-refractivity contribution < 1.29 is 4.79 Å². The standard InChI is InChI=1S/C13H17BrN2O/c1-8(9-2-3-9)7-16-13(17)10-4-5-12(15)11(14)6-10/h4-6,8-9H,2-3,7,15H2,1H3,(H,16,17). The number of carbonyl (C=O) groups excluding carboxylic acids is 1. The van der Waals surface area contributed by atoms with Crippen LogP contribution in [-0.4, -0.2) is 12.5 Å². The Hall–Kier alpha value is -1.03. The maximum atomic E-state index is 11.9. The van der Waals surface area contributed by atoms with E-state index < -0.39 is 0 Å². The van der Waals surface area contributed by atoms with Crippen LogP contribution in [0.2, 0.25) is 0 Å². The number of nitrogens with one attached hydrogen (secondary N) is 1. The first kappa shape index (κ1) is 12.4. The van der Waals surface area contributed by atoms with Gasteiger partial charge in [0, 0.05) is 22.3 Å². The van der Waals surface area contributed by atoms with Crippen molar-refractivity contribution in [2.45, 2.75) is 19.8 Å². The van der Waals surface area contributed by atoms with Crippen LogP contribution in [0.15, 0.2) is 22.7 Å². The Bertz CT molecular complexity index is 429. The minimum atomic E-state index is -0.0294. The Balaban J connectivity index is 1.92. The fraction of sp³-hybridized carbons (Fsp3) is 0.462. The van der Waals surface area contributed by atoms with Gasteiger partial charge in [-0.25, -0.2) is 0 Å². The molecule has 1 aliphatic rings. The average Bonchev–Trinajstić information content (AvgIpc) is 3.13. The zero-order valence-electron chi connectivity index (χ0n) is 9.87. The summed E-state index contributed by atoms with van der Waals surface area (Å²) >= 11 is 3.32. The number of hydrogen-bond acceptors (Lipinski definition) is 2. The predicted molar refractivity (Wildman–Crippen MR) is 72.8 cm³/mol. The molecule has 4 heteroatoms. The average molecular weight is 297 g/mol.